The van der Waals surface area contributed by atoms with Crippen molar-refractivity contribution in [3.63, 3.8) is 0 Å². The molecule has 104 valence electrons. The molecule has 0 aliphatic heterocycles. The van der Waals surface area contributed by atoms with Crippen LogP contribution in [0.2, 0.25) is 0 Å². The molecule has 0 amide bonds. The van der Waals surface area contributed by atoms with E-state index in [0.717, 1.165) is 25.7 Å². The average molecular weight is 256 g/mol. The minimum atomic E-state index is -1.08. The van der Waals surface area contributed by atoms with Crippen molar-refractivity contribution in [2.45, 2.75) is 52.9 Å². The first-order valence-corrected chi connectivity index (χ1v) is 6.97. The Morgan fingerprint density at radius 1 is 1.00 bits per heavy atom. The third-order valence-corrected chi connectivity index (χ3v) is 3.89. The van der Waals surface area contributed by atoms with E-state index in [9.17, 15) is 9.59 Å². The Labute approximate surface area is 109 Å². The fourth-order valence-corrected chi connectivity index (χ4v) is 2.93. The molecule has 0 saturated heterocycles. The third kappa shape index (κ3) is 2.68. The van der Waals surface area contributed by atoms with Gasteiger partial charge in [-0.2, -0.15) is 0 Å². The fraction of sp³-hybridized carbons (Fsp3) is 0.857. The maximum atomic E-state index is 12.3. The summed E-state index contributed by atoms with van der Waals surface area (Å²) in [5.74, 6) is -0.740. The quantitative estimate of drug-likeness (QED) is 0.541. The summed E-state index contributed by atoms with van der Waals surface area (Å²) in [6, 6.07) is 0. The Bertz CT molecular complexity index is 274. The standard InChI is InChI=1S/C14H24O4/c1-4-14(12(15)17-5-2,13(16)18-6-3)11-9-7-8-10-11/h11H,4-10H2,1-3H3. The lowest BCUT2D eigenvalue weighted by molar-refractivity contribution is -0.177. The van der Waals surface area contributed by atoms with Crippen LogP contribution < -0.4 is 0 Å². The first kappa shape index (κ1) is 15.0. The summed E-state index contributed by atoms with van der Waals surface area (Å²) < 4.78 is 10.3. The van der Waals surface area contributed by atoms with Crippen LogP contribution in [0.4, 0.5) is 0 Å². The second-order valence-electron chi connectivity index (χ2n) is 4.75. The predicted molar refractivity (Wildman–Crippen MR) is 67.9 cm³/mol. The van der Waals surface area contributed by atoms with Gasteiger partial charge in [-0.25, -0.2) is 0 Å². The Morgan fingerprint density at radius 2 is 1.44 bits per heavy atom. The SMILES string of the molecule is CCOC(=O)C(CC)(C(=O)OCC)C1CCCC1. The van der Waals surface area contributed by atoms with Gasteiger partial charge in [0.25, 0.3) is 0 Å². The molecule has 1 fully saturated rings. The highest BCUT2D eigenvalue weighted by Crippen LogP contribution is 2.44. The van der Waals surface area contributed by atoms with E-state index in [2.05, 4.69) is 0 Å². The number of ether oxygens (including phenoxy) is 2. The first-order chi connectivity index (χ1) is 8.63. The molecule has 0 heterocycles. The average Bonchev–Trinajstić information content (AvgIpc) is 2.85. The van der Waals surface area contributed by atoms with Crippen molar-refractivity contribution in [3.8, 4) is 0 Å². The fourth-order valence-electron chi connectivity index (χ4n) is 2.93. The molecule has 0 atom stereocenters. The largest absolute Gasteiger partial charge is 0.465 e. The van der Waals surface area contributed by atoms with Crippen LogP contribution in [0.5, 0.6) is 0 Å². The van der Waals surface area contributed by atoms with E-state index < -0.39 is 17.4 Å². The number of carbonyl (C=O) groups excluding carboxylic acids is 2. The smallest absolute Gasteiger partial charge is 0.323 e. The maximum Gasteiger partial charge on any atom is 0.323 e. The Kier molecular flexibility index (Phi) is 5.63. The van der Waals surface area contributed by atoms with Gasteiger partial charge in [0.15, 0.2) is 5.41 Å². The summed E-state index contributed by atoms with van der Waals surface area (Å²) in [6.07, 6.45) is 4.42. The van der Waals surface area contributed by atoms with E-state index >= 15 is 0 Å². The van der Waals surface area contributed by atoms with Gasteiger partial charge in [-0.1, -0.05) is 19.8 Å². The maximum absolute atomic E-state index is 12.3. The highest BCUT2D eigenvalue weighted by atomic mass is 16.6. The van der Waals surface area contributed by atoms with Crippen molar-refractivity contribution >= 4 is 11.9 Å². The van der Waals surface area contributed by atoms with E-state index in [-0.39, 0.29) is 5.92 Å². The number of esters is 2. The van der Waals surface area contributed by atoms with Crippen molar-refractivity contribution in [1.29, 1.82) is 0 Å². The van der Waals surface area contributed by atoms with E-state index in [4.69, 9.17) is 9.47 Å². The second kappa shape index (κ2) is 6.76. The highest BCUT2D eigenvalue weighted by molar-refractivity contribution is 6.00. The van der Waals surface area contributed by atoms with E-state index in [1.54, 1.807) is 13.8 Å². The molecule has 1 saturated carbocycles. The molecule has 0 aromatic rings. The minimum absolute atomic E-state index is 0.0700. The van der Waals surface area contributed by atoms with Crippen molar-refractivity contribution in [1.82, 2.24) is 0 Å². The van der Waals surface area contributed by atoms with Gasteiger partial charge in [0.2, 0.25) is 0 Å². The summed E-state index contributed by atoms with van der Waals surface area (Å²) in [5, 5.41) is 0. The molecule has 1 rings (SSSR count). The number of carbonyl (C=O) groups is 2. The molecule has 0 N–H and O–H groups in total. The van der Waals surface area contributed by atoms with E-state index in [0.29, 0.717) is 19.6 Å². The van der Waals surface area contributed by atoms with Gasteiger partial charge in [-0.05, 0) is 39.0 Å². The highest BCUT2D eigenvalue weighted by Gasteiger charge is 2.53. The molecule has 0 spiro atoms. The van der Waals surface area contributed by atoms with Crippen LogP contribution >= 0.6 is 0 Å². The van der Waals surface area contributed by atoms with Crippen LogP contribution in [0, 0.1) is 11.3 Å². The zero-order chi connectivity index (χ0) is 13.6. The molecular weight excluding hydrogens is 232 g/mol. The molecular formula is C14H24O4. The van der Waals surface area contributed by atoms with Crippen molar-refractivity contribution in [2.24, 2.45) is 11.3 Å². The Balaban J connectivity index is 3.02. The Morgan fingerprint density at radius 3 is 1.78 bits per heavy atom. The molecule has 4 heteroatoms. The molecule has 1 aliphatic rings. The first-order valence-electron chi connectivity index (χ1n) is 6.97. The van der Waals surface area contributed by atoms with Crippen LogP contribution in [0.1, 0.15) is 52.9 Å². The molecule has 1 aliphatic carbocycles. The van der Waals surface area contributed by atoms with Crippen LogP contribution in [0.15, 0.2) is 0 Å². The van der Waals surface area contributed by atoms with Gasteiger partial charge in [-0.3, -0.25) is 9.59 Å². The molecule has 4 nitrogen and oxygen atoms in total. The molecule has 0 unspecified atom stereocenters. The van der Waals surface area contributed by atoms with Crippen molar-refractivity contribution in [3.05, 3.63) is 0 Å². The van der Waals surface area contributed by atoms with Crippen molar-refractivity contribution in [2.75, 3.05) is 13.2 Å². The van der Waals surface area contributed by atoms with Gasteiger partial charge >= 0.3 is 11.9 Å². The number of rotatable bonds is 6. The van der Waals surface area contributed by atoms with Gasteiger partial charge in [0.1, 0.15) is 0 Å². The van der Waals surface area contributed by atoms with Crippen molar-refractivity contribution < 1.29 is 19.1 Å². The predicted octanol–water partition coefficient (Wildman–Crippen LogP) is 2.70. The zero-order valence-electron chi connectivity index (χ0n) is 11.7. The minimum Gasteiger partial charge on any atom is -0.465 e. The van der Waals surface area contributed by atoms with Crippen LogP contribution in [0.3, 0.4) is 0 Å². The second-order valence-corrected chi connectivity index (χ2v) is 4.75. The van der Waals surface area contributed by atoms with Gasteiger partial charge in [0, 0.05) is 0 Å². The van der Waals surface area contributed by atoms with Crippen LogP contribution in [-0.4, -0.2) is 25.2 Å². The molecule has 0 aromatic carbocycles. The molecule has 0 bridgehead atoms. The summed E-state index contributed by atoms with van der Waals surface area (Å²) in [4.78, 5) is 24.6. The summed E-state index contributed by atoms with van der Waals surface area (Å²) >= 11 is 0. The van der Waals surface area contributed by atoms with Crippen LogP contribution in [-0.2, 0) is 19.1 Å². The molecule has 0 radical (unpaired) electrons. The van der Waals surface area contributed by atoms with E-state index in [1.165, 1.54) is 0 Å². The molecule has 18 heavy (non-hydrogen) atoms. The normalized spacial score (nSPS) is 16.6. The Hall–Kier alpha value is -1.06. The van der Waals surface area contributed by atoms with E-state index in [1.807, 2.05) is 6.92 Å². The number of hydrogen-bond acceptors (Lipinski definition) is 4. The monoisotopic (exact) mass is 256 g/mol. The summed E-state index contributed by atoms with van der Waals surface area (Å²) in [5.41, 5.74) is -1.08. The lowest BCUT2D eigenvalue weighted by Crippen LogP contribution is -2.46. The summed E-state index contributed by atoms with van der Waals surface area (Å²) in [6.45, 7) is 5.99. The zero-order valence-corrected chi connectivity index (χ0v) is 11.7. The molecule has 0 aromatic heterocycles. The van der Waals surface area contributed by atoms with Gasteiger partial charge in [-0.15, -0.1) is 0 Å². The lowest BCUT2D eigenvalue weighted by atomic mass is 9.72. The van der Waals surface area contributed by atoms with Gasteiger partial charge in [0.05, 0.1) is 13.2 Å². The lowest BCUT2D eigenvalue weighted by Gasteiger charge is -2.33. The summed E-state index contributed by atoms with van der Waals surface area (Å²) in [7, 11) is 0. The van der Waals surface area contributed by atoms with Gasteiger partial charge < -0.3 is 9.47 Å². The van der Waals surface area contributed by atoms with Crippen LogP contribution in [0.25, 0.3) is 0 Å². The third-order valence-electron chi connectivity index (χ3n) is 3.89. The number of hydrogen-bond donors (Lipinski definition) is 0. The topological polar surface area (TPSA) is 52.6 Å².